The summed E-state index contributed by atoms with van der Waals surface area (Å²) in [6.45, 7) is 0. The maximum Gasteiger partial charge on any atom is 0.270 e. The Hall–Kier alpha value is -4.08. The number of nitro groups is 1. The van der Waals surface area contributed by atoms with Gasteiger partial charge < -0.3 is 9.72 Å². The summed E-state index contributed by atoms with van der Waals surface area (Å²) >= 11 is 0. The lowest BCUT2D eigenvalue weighted by molar-refractivity contribution is -0.384. The number of aromatic nitrogens is 2. The summed E-state index contributed by atoms with van der Waals surface area (Å²) in [5.74, 6) is -0.204. The lowest BCUT2D eigenvalue weighted by atomic mass is 10.2. The van der Waals surface area contributed by atoms with E-state index in [1.165, 1.54) is 31.5 Å². The van der Waals surface area contributed by atoms with E-state index in [0.717, 1.165) is 0 Å². The standard InChI is InChI=1S/C18H15N5O5/c1-28-16-7-6-12(23(26)27)8-11(16)10-19-22-17(24)9-15-18(25)21-14-5-3-2-4-13(14)20-15/h2-8,10H,9H2,1H3,(H,21,25)(H,22,24)/b19-10-. The van der Waals surface area contributed by atoms with Crippen LogP contribution in [0.4, 0.5) is 5.69 Å². The molecule has 0 radical (unpaired) electrons. The first-order chi connectivity index (χ1) is 13.5. The summed E-state index contributed by atoms with van der Waals surface area (Å²) in [6, 6.07) is 11.0. The van der Waals surface area contributed by atoms with Crippen LogP contribution in [-0.2, 0) is 11.2 Å². The third-order valence-corrected chi connectivity index (χ3v) is 3.81. The van der Waals surface area contributed by atoms with Crippen LogP contribution in [0.5, 0.6) is 5.75 Å². The molecule has 0 atom stereocenters. The lowest BCUT2D eigenvalue weighted by Gasteiger charge is -2.04. The number of fused-ring (bicyclic) bond motifs is 1. The van der Waals surface area contributed by atoms with Gasteiger partial charge in [0.15, 0.2) is 0 Å². The Labute approximate surface area is 158 Å². The zero-order valence-electron chi connectivity index (χ0n) is 14.7. The van der Waals surface area contributed by atoms with Crippen molar-refractivity contribution in [1.82, 2.24) is 15.4 Å². The highest BCUT2D eigenvalue weighted by Crippen LogP contribution is 2.22. The second-order valence-electron chi connectivity index (χ2n) is 5.68. The first-order valence-electron chi connectivity index (χ1n) is 8.10. The van der Waals surface area contributed by atoms with Crippen LogP contribution in [0.15, 0.2) is 52.4 Å². The monoisotopic (exact) mass is 381 g/mol. The number of non-ortho nitro benzene ring substituents is 1. The molecule has 2 N–H and O–H groups in total. The maximum atomic E-state index is 12.1. The number of nitrogens with one attached hydrogen (secondary N) is 2. The molecule has 1 heterocycles. The van der Waals surface area contributed by atoms with E-state index in [2.05, 4.69) is 20.5 Å². The van der Waals surface area contributed by atoms with Crippen LogP contribution in [0.3, 0.4) is 0 Å². The van der Waals surface area contributed by atoms with Crippen LogP contribution in [0.2, 0.25) is 0 Å². The molecule has 0 saturated carbocycles. The molecule has 0 saturated heterocycles. The molecule has 10 heteroatoms. The molecule has 3 aromatic rings. The van der Waals surface area contributed by atoms with Crippen molar-refractivity contribution in [3.05, 3.63) is 74.2 Å². The Morgan fingerprint density at radius 1 is 1.36 bits per heavy atom. The molecule has 0 aliphatic heterocycles. The summed E-state index contributed by atoms with van der Waals surface area (Å²) in [7, 11) is 1.41. The van der Waals surface area contributed by atoms with E-state index in [0.29, 0.717) is 22.3 Å². The van der Waals surface area contributed by atoms with Crippen LogP contribution in [0, 0.1) is 10.1 Å². The molecule has 3 rings (SSSR count). The number of hydrogen-bond acceptors (Lipinski definition) is 7. The van der Waals surface area contributed by atoms with Crippen molar-refractivity contribution in [3.8, 4) is 5.75 Å². The highest BCUT2D eigenvalue weighted by atomic mass is 16.6. The minimum atomic E-state index is -0.561. The van der Waals surface area contributed by atoms with Crippen LogP contribution in [-0.4, -0.2) is 34.1 Å². The molecule has 0 unspecified atom stereocenters. The maximum absolute atomic E-state index is 12.1. The Bertz CT molecular complexity index is 1140. The number of rotatable bonds is 6. The molecule has 0 fully saturated rings. The van der Waals surface area contributed by atoms with Gasteiger partial charge in [0.05, 0.1) is 35.7 Å². The average molecular weight is 381 g/mol. The molecule has 0 bridgehead atoms. The van der Waals surface area contributed by atoms with E-state index in [1.807, 2.05) is 0 Å². The van der Waals surface area contributed by atoms with Gasteiger partial charge >= 0.3 is 0 Å². The number of carbonyl (C=O) groups excluding carboxylic acids is 1. The molecule has 2 aromatic carbocycles. The van der Waals surface area contributed by atoms with E-state index in [4.69, 9.17) is 4.74 Å². The van der Waals surface area contributed by atoms with Crippen LogP contribution in [0.1, 0.15) is 11.3 Å². The third kappa shape index (κ3) is 4.18. The predicted molar refractivity (Wildman–Crippen MR) is 101 cm³/mol. The molecule has 0 aliphatic carbocycles. The van der Waals surface area contributed by atoms with Crippen LogP contribution < -0.4 is 15.7 Å². The highest BCUT2D eigenvalue weighted by Gasteiger charge is 2.11. The summed E-state index contributed by atoms with van der Waals surface area (Å²) < 4.78 is 5.11. The molecular weight excluding hydrogens is 366 g/mol. The number of nitro benzene ring substituents is 1. The number of hydrogen-bond donors (Lipinski definition) is 2. The van der Waals surface area contributed by atoms with Crippen molar-refractivity contribution in [2.45, 2.75) is 6.42 Å². The summed E-state index contributed by atoms with van der Waals surface area (Å²) in [4.78, 5) is 41.3. The number of H-pyrrole nitrogens is 1. The van der Waals surface area contributed by atoms with Gasteiger partial charge in [0.25, 0.3) is 11.2 Å². The largest absolute Gasteiger partial charge is 0.496 e. The van der Waals surface area contributed by atoms with Gasteiger partial charge in [-0.05, 0) is 18.2 Å². The zero-order valence-corrected chi connectivity index (χ0v) is 14.7. The van der Waals surface area contributed by atoms with E-state index in [9.17, 15) is 19.7 Å². The van der Waals surface area contributed by atoms with Gasteiger partial charge in [-0.25, -0.2) is 10.4 Å². The normalized spacial score (nSPS) is 10.9. The fourth-order valence-electron chi connectivity index (χ4n) is 2.49. The number of aromatic amines is 1. The zero-order chi connectivity index (χ0) is 20.1. The number of amides is 1. The topological polar surface area (TPSA) is 140 Å². The number of nitrogens with zero attached hydrogens (tertiary/aromatic N) is 3. The van der Waals surface area contributed by atoms with Crippen molar-refractivity contribution < 1.29 is 14.5 Å². The fraction of sp³-hybridized carbons (Fsp3) is 0.111. The van der Waals surface area contributed by atoms with Gasteiger partial charge in [-0.1, -0.05) is 12.1 Å². The lowest BCUT2D eigenvalue weighted by Crippen LogP contribution is -2.25. The van der Waals surface area contributed by atoms with Crippen molar-refractivity contribution >= 4 is 28.8 Å². The van der Waals surface area contributed by atoms with Gasteiger partial charge in [-0.3, -0.25) is 19.7 Å². The van der Waals surface area contributed by atoms with E-state index in [-0.39, 0.29) is 17.8 Å². The summed E-state index contributed by atoms with van der Waals surface area (Å²) in [5.41, 5.74) is 3.18. The molecule has 142 valence electrons. The van der Waals surface area contributed by atoms with Gasteiger partial charge in [0.2, 0.25) is 5.91 Å². The number of methoxy groups -OCH3 is 1. The highest BCUT2D eigenvalue weighted by molar-refractivity contribution is 5.86. The Morgan fingerprint density at radius 2 is 2.14 bits per heavy atom. The smallest absolute Gasteiger partial charge is 0.270 e. The van der Waals surface area contributed by atoms with Gasteiger partial charge in [-0.15, -0.1) is 0 Å². The molecule has 0 spiro atoms. The molecule has 10 nitrogen and oxygen atoms in total. The molecule has 1 amide bonds. The van der Waals surface area contributed by atoms with Crippen molar-refractivity contribution in [2.75, 3.05) is 7.11 Å². The quantitative estimate of drug-likeness (QED) is 0.377. The second-order valence-corrected chi connectivity index (χ2v) is 5.68. The molecule has 28 heavy (non-hydrogen) atoms. The van der Waals surface area contributed by atoms with Gasteiger partial charge in [-0.2, -0.15) is 5.10 Å². The van der Waals surface area contributed by atoms with Crippen LogP contribution >= 0.6 is 0 Å². The first kappa shape index (κ1) is 18.7. The van der Waals surface area contributed by atoms with E-state index >= 15 is 0 Å². The minimum Gasteiger partial charge on any atom is -0.496 e. The minimum absolute atomic E-state index is 0.0549. The molecular formula is C18H15N5O5. The molecule has 0 aliphatic rings. The Balaban J connectivity index is 1.72. The van der Waals surface area contributed by atoms with E-state index in [1.54, 1.807) is 24.3 Å². The summed E-state index contributed by atoms with van der Waals surface area (Å²) in [5, 5.41) is 14.6. The van der Waals surface area contributed by atoms with Crippen molar-refractivity contribution in [1.29, 1.82) is 0 Å². The second kappa shape index (κ2) is 8.08. The number of carbonyl (C=O) groups is 1. The fourth-order valence-corrected chi connectivity index (χ4v) is 2.49. The number of hydrazone groups is 1. The van der Waals surface area contributed by atoms with Gasteiger partial charge in [0, 0.05) is 17.7 Å². The first-order valence-corrected chi connectivity index (χ1v) is 8.10. The third-order valence-electron chi connectivity index (χ3n) is 3.81. The number of para-hydroxylation sites is 2. The van der Waals surface area contributed by atoms with Gasteiger partial charge in [0.1, 0.15) is 11.4 Å². The predicted octanol–water partition coefficient (Wildman–Crippen LogP) is 1.53. The van der Waals surface area contributed by atoms with Crippen molar-refractivity contribution in [2.24, 2.45) is 5.10 Å². The number of ether oxygens (including phenoxy) is 1. The van der Waals surface area contributed by atoms with E-state index < -0.39 is 16.4 Å². The average Bonchev–Trinajstić information content (AvgIpc) is 2.68. The SMILES string of the molecule is COc1ccc([N+](=O)[O-])cc1/C=N\NC(=O)Cc1nc2ccccc2[nH]c1=O. The van der Waals surface area contributed by atoms with Crippen LogP contribution in [0.25, 0.3) is 11.0 Å². The Morgan fingerprint density at radius 3 is 2.89 bits per heavy atom. The molecule has 1 aromatic heterocycles. The Kier molecular flexibility index (Phi) is 5.40. The number of benzene rings is 2. The van der Waals surface area contributed by atoms with Crippen molar-refractivity contribution in [3.63, 3.8) is 0 Å². The summed E-state index contributed by atoms with van der Waals surface area (Å²) in [6.07, 6.45) is 0.950.